The Morgan fingerprint density at radius 3 is 2.67 bits per heavy atom. The van der Waals surface area contributed by atoms with Crippen molar-refractivity contribution in [2.24, 2.45) is 0 Å². The van der Waals surface area contributed by atoms with E-state index in [-0.39, 0.29) is 11.8 Å². The highest BCUT2D eigenvalue weighted by Gasteiger charge is 2.30. The summed E-state index contributed by atoms with van der Waals surface area (Å²) >= 11 is 0. The number of aromatic nitrogens is 2. The lowest BCUT2D eigenvalue weighted by Crippen LogP contribution is -2.24. The smallest absolute Gasteiger partial charge is 0.225 e. The van der Waals surface area contributed by atoms with Crippen molar-refractivity contribution in [1.29, 1.82) is 0 Å². The summed E-state index contributed by atoms with van der Waals surface area (Å²) in [5.41, 5.74) is 6.29. The van der Waals surface area contributed by atoms with Crippen molar-refractivity contribution in [3.63, 3.8) is 0 Å². The molecule has 0 saturated heterocycles. The first-order valence-electron chi connectivity index (χ1n) is 7.10. The van der Waals surface area contributed by atoms with Crippen molar-refractivity contribution in [3.05, 3.63) is 40.7 Å². The van der Waals surface area contributed by atoms with Gasteiger partial charge in [-0.2, -0.15) is 5.10 Å². The van der Waals surface area contributed by atoms with E-state index in [9.17, 15) is 4.79 Å². The predicted octanol–water partition coefficient (Wildman–Crippen LogP) is 2.57. The van der Waals surface area contributed by atoms with E-state index in [1.54, 1.807) is 0 Å². The largest absolute Gasteiger partial charge is 0.378 e. The number of amides is 1. The molecule has 2 heterocycles. The molecule has 3 rings (SSSR count). The molecule has 1 aliphatic heterocycles. The fourth-order valence-electron chi connectivity index (χ4n) is 3.06. The Morgan fingerprint density at radius 2 is 2.05 bits per heavy atom. The summed E-state index contributed by atoms with van der Waals surface area (Å²) in [5.74, 6) is 0.132. The molecule has 0 bridgehead atoms. The highest BCUT2D eigenvalue weighted by Crippen LogP contribution is 2.40. The van der Waals surface area contributed by atoms with Gasteiger partial charge in [-0.25, -0.2) is 0 Å². The fraction of sp³-hybridized carbons (Fsp3) is 0.375. The summed E-state index contributed by atoms with van der Waals surface area (Å²) in [6.45, 7) is 3.99. The Kier molecular flexibility index (Phi) is 3.20. The average Bonchev–Trinajstić information content (AvgIpc) is 2.76. The SMILES string of the molecule is Cc1n[nH]c(C)c1C1CC(=O)Nc2cc(N(C)C)ccc21. The molecule has 1 aromatic heterocycles. The van der Waals surface area contributed by atoms with E-state index in [1.807, 2.05) is 38.9 Å². The molecule has 1 unspecified atom stereocenters. The molecule has 5 heteroatoms. The topological polar surface area (TPSA) is 61.0 Å². The minimum Gasteiger partial charge on any atom is -0.378 e. The summed E-state index contributed by atoms with van der Waals surface area (Å²) in [7, 11) is 3.99. The van der Waals surface area contributed by atoms with Gasteiger partial charge in [0, 0.05) is 49.1 Å². The van der Waals surface area contributed by atoms with Crippen molar-refractivity contribution >= 4 is 17.3 Å². The van der Waals surface area contributed by atoms with Gasteiger partial charge in [0.2, 0.25) is 5.91 Å². The van der Waals surface area contributed by atoms with Crippen LogP contribution in [-0.4, -0.2) is 30.2 Å². The van der Waals surface area contributed by atoms with Crippen LogP contribution in [0.1, 0.15) is 34.9 Å². The number of H-pyrrole nitrogens is 1. The number of anilines is 2. The summed E-state index contributed by atoms with van der Waals surface area (Å²) in [6.07, 6.45) is 0.468. The third kappa shape index (κ3) is 2.28. The van der Waals surface area contributed by atoms with Crippen molar-refractivity contribution in [2.45, 2.75) is 26.2 Å². The first-order valence-corrected chi connectivity index (χ1v) is 7.10. The lowest BCUT2D eigenvalue weighted by atomic mass is 9.83. The van der Waals surface area contributed by atoms with Crippen molar-refractivity contribution in [1.82, 2.24) is 10.2 Å². The Hall–Kier alpha value is -2.30. The summed E-state index contributed by atoms with van der Waals surface area (Å²) in [5, 5.41) is 10.3. The molecule has 0 aliphatic carbocycles. The van der Waals surface area contributed by atoms with E-state index in [0.717, 1.165) is 33.9 Å². The zero-order valence-electron chi connectivity index (χ0n) is 12.8. The molecule has 1 atom stereocenters. The molecule has 2 N–H and O–H groups in total. The number of nitrogens with one attached hydrogen (secondary N) is 2. The summed E-state index contributed by atoms with van der Waals surface area (Å²) in [4.78, 5) is 14.1. The van der Waals surface area contributed by atoms with E-state index < -0.39 is 0 Å². The van der Waals surface area contributed by atoms with Crippen LogP contribution in [0.5, 0.6) is 0 Å². The third-order valence-electron chi connectivity index (χ3n) is 4.13. The van der Waals surface area contributed by atoms with Gasteiger partial charge in [-0.05, 0) is 31.5 Å². The lowest BCUT2D eigenvalue weighted by Gasteiger charge is -2.27. The number of fused-ring (bicyclic) bond motifs is 1. The minimum absolute atomic E-state index is 0.0587. The van der Waals surface area contributed by atoms with Crippen LogP contribution in [0.25, 0.3) is 0 Å². The number of hydrogen-bond acceptors (Lipinski definition) is 3. The Morgan fingerprint density at radius 1 is 1.29 bits per heavy atom. The van der Waals surface area contributed by atoms with Crippen LogP contribution in [-0.2, 0) is 4.79 Å². The van der Waals surface area contributed by atoms with E-state index in [1.165, 1.54) is 0 Å². The zero-order chi connectivity index (χ0) is 15.1. The van der Waals surface area contributed by atoms with Crippen molar-refractivity contribution in [2.75, 3.05) is 24.3 Å². The third-order valence-corrected chi connectivity index (χ3v) is 4.13. The second kappa shape index (κ2) is 4.91. The molecule has 1 amide bonds. The molecule has 0 radical (unpaired) electrons. The molecule has 0 fully saturated rings. The maximum atomic E-state index is 12.1. The van der Waals surface area contributed by atoms with Gasteiger partial charge in [-0.15, -0.1) is 0 Å². The number of rotatable bonds is 2. The maximum Gasteiger partial charge on any atom is 0.225 e. The van der Waals surface area contributed by atoms with Gasteiger partial charge in [0.25, 0.3) is 0 Å². The zero-order valence-corrected chi connectivity index (χ0v) is 12.8. The van der Waals surface area contributed by atoms with E-state index in [0.29, 0.717) is 6.42 Å². The van der Waals surface area contributed by atoms with Gasteiger partial charge >= 0.3 is 0 Å². The van der Waals surface area contributed by atoms with Crippen LogP contribution in [0.15, 0.2) is 18.2 Å². The van der Waals surface area contributed by atoms with E-state index in [2.05, 4.69) is 27.6 Å². The number of aryl methyl sites for hydroxylation is 2. The lowest BCUT2D eigenvalue weighted by molar-refractivity contribution is -0.116. The van der Waals surface area contributed by atoms with Gasteiger partial charge in [-0.3, -0.25) is 9.89 Å². The summed E-state index contributed by atoms with van der Waals surface area (Å²) in [6, 6.07) is 6.23. The van der Waals surface area contributed by atoms with Gasteiger partial charge in [-0.1, -0.05) is 6.07 Å². The number of hydrogen-bond donors (Lipinski definition) is 2. The Labute approximate surface area is 124 Å². The molecule has 5 nitrogen and oxygen atoms in total. The molecule has 1 aromatic carbocycles. The molecule has 110 valence electrons. The van der Waals surface area contributed by atoms with Crippen LogP contribution in [0.4, 0.5) is 11.4 Å². The van der Waals surface area contributed by atoms with Crippen LogP contribution < -0.4 is 10.2 Å². The average molecular weight is 284 g/mol. The van der Waals surface area contributed by atoms with Crippen LogP contribution in [0, 0.1) is 13.8 Å². The van der Waals surface area contributed by atoms with Crippen LogP contribution >= 0.6 is 0 Å². The Bertz CT molecular complexity index is 683. The fourth-order valence-corrected chi connectivity index (χ4v) is 3.06. The van der Waals surface area contributed by atoms with E-state index in [4.69, 9.17) is 0 Å². The number of aromatic amines is 1. The second-order valence-electron chi connectivity index (χ2n) is 5.82. The second-order valence-corrected chi connectivity index (χ2v) is 5.82. The van der Waals surface area contributed by atoms with Crippen LogP contribution in [0.3, 0.4) is 0 Å². The number of carbonyl (C=O) groups excluding carboxylic acids is 1. The highest BCUT2D eigenvalue weighted by molar-refractivity contribution is 5.96. The quantitative estimate of drug-likeness (QED) is 0.891. The first-order chi connectivity index (χ1) is 9.97. The summed E-state index contributed by atoms with van der Waals surface area (Å²) < 4.78 is 0. The predicted molar refractivity (Wildman–Crippen MR) is 83.9 cm³/mol. The number of nitrogens with zero attached hydrogens (tertiary/aromatic N) is 2. The molecule has 0 saturated carbocycles. The number of carbonyl (C=O) groups is 1. The minimum atomic E-state index is 0.0587. The van der Waals surface area contributed by atoms with E-state index >= 15 is 0 Å². The molecular formula is C16H20N4O. The standard InChI is InChI=1S/C16H20N4O/c1-9-16(10(2)19-18-9)13-8-15(21)17-14-7-11(20(3)4)5-6-12(13)14/h5-7,13H,8H2,1-4H3,(H,17,21)(H,18,19). The normalized spacial score (nSPS) is 17.3. The van der Waals surface area contributed by atoms with Crippen molar-refractivity contribution in [3.8, 4) is 0 Å². The highest BCUT2D eigenvalue weighted by atomic mass is 16.1. The molecular weight excluding hydrogens is 264 g/mol. The molecule has 2 aromatic rings. The van der Waals surface area contributed by atoms with Gasteiger partial charge in [0.05, 0.1) is 5.69 Å². The van der Waals surface area contributed by atoms with Gasteiger partial charge in [0.15, 0.2) is 0 Å². The molecule has 0 spiro atoms. The first kappa shape index (κ1) is 13.7. The number of benzene rings is 1. The monoisotopic (exact) mass is 284 g/mol. The van der Waals surface area contributed by atoms with Crippen molar-refractivity contribution < 1.29 is 4.79 Å². The van der Waals surface area contributed by atoms with Gasteiger partial charge < -0.3 is 10.2 Å². The maximum absolute atomic E-state index is 12.1. The van der Waals surface area contributed by atoms with Gasteiger partial charge in [0.1, 0.15) is 0 Å². The molecule has 21 heavy (non-hydrogen) atoms. The molecule has 1 aliphatic rings. The van der Waals surface area contributed by atoms with Crippen LogP contribution in [0.2, 0.25) is 0 Å². The Balaban J connectivity index is 2.12.